The van der Waals surface area contributed by atoms with Crippen molar-refractivity contribution in [1.82, 2.24) is 0 Å². The Morgan fingerprint density at radius 3 is 2.40 bits per heavy atom. The van der Waals surface area contributed by atoms with Crippen molar-refractivity contribution in [3.8, 4) is 23.7 Å². The predicted octanol–water partition coefficient (Wildman–Crippen LogP) is 2.41. The Morgan fingerprint density at radius 2 is 1.80 bits per heavy atom. The number of hydrogen-bond donors (Lipinski definition) is 0. The van der Waals surface area contributed by atoms with Gasteiger partial charge in [-0.1, -0.05) is 25.7 Å². The number of hydrogen-bond acceptors (Lipinski definition) is 0. The second-order valence-electron chi connectivity index (χ2n) is 1.89. The van der Waals surface area contributed by atoms with Gasteiger partial charge in [-0.05, 0) is 6.42 Å². The van der Waals surface area contributed by atoms with Crippen molar-refractivity contribution in [2.24, 2.45) is 0 Å². The maximum atomic E-state index is 2.99. The van der Waals surface area contributed by atoms with Gasteiger partial charge < -0.3 is 0 Å². The highest BCUT2D eigenvalue weighted by Crippen LogP contribution is 1.81. The lowest BCUT2D eigenvalue weighted by Crippen LogP contribution is -1.64. The fourth-order valence-electron chi connectivity index (χ4n) is 0.437. The molecule has 0 saturated carbocycles. The summed E-state index contributed by atoms with van der Waals surface area (Å²) in [6.45, 7) is 4.15. The zero-order valence-electron chi connectivity index (χ0n) is 6.70. The average molecular weight is 133 g/mol. The van der Waals surface area contributed by atoms with E-state index in [-0.39, 0.29) is 0 Å². The lowest BCUT2D eigenvalue weighted by Gasteiger charge is -1.75. The molecule has 0 aliphatic carbocycles. The van der Waals surface area contributed by atoms with Gasteiger partial charge in [0.1, 0.15) is 6.42 Å². The summed E-state index contributed by atoms with van der Waals surface area (Å²) in [6, 6.07) is 0. The van der Waals surface area contributed by atoms with Gasteiger partial charge in [-0.15, -0.1) is 11.8 Å². The summed E-state index contributed by atoms with van der Waals surface area (Å²) in [5, 5.41) is 0. The second kappa shape index (κ2) is 8.12. The Bertz CT molecular complexity index is 168. The van der Waals surface area contributed by atoms with E-state index in [1.807, 2.05) is 6.92 Å². The van der Waals surface area contributed by atoms with Crippen molar-refractivity contribution in [3.63, 3.8) is 0 Å². The summed E-state index contributed by atoms with van der Waals surface area (Å²) in [6.07, 6.45) is 4.73. The zero-order chi connectivity index (χ0) is 7.66. The van der Waals surface area contributed by atoms with E-state index in [2.05, 4.69) is 30.6 Å². The Labute approximate surface area is 64.0 Å². The summed E-state index contributed by atoms with van der Waals surface area (Å²) in [5.74, 6) is 11.6. The van der Waals surface area contributed by atoms with Crippen LogP contribution < -0.4 is 0 Å². The van der Waals surface area contributed by atoms with E-state index in [1.54, 1.807) is 6.42 Å². The molecule has 1 radical (unpaired) electrons. The molecule has 0 aliphatic heterocycles. The average Bonchev–Trinajstić information content (AvgIpc) is 1.97. The summed E-state index contributed by atoms with van der Waals surface area (Å²) < 4.78 is 0. The minimum absolute atomic E-state index is 0.909. The molecule has 0 rings (SSSR count). The van der Waals surface area contributed by atoms with Gasteiger partial charge in [-0.2, -0.15) is 0 Å². The van der Waals surface area contributed by atoms with Crippen LogP contribution in [0.25, 0.3) is 0 Å². The molecule has 0 amide bonds. The van der Waals surface area contributed by atoms with Crippen LogP contribution in [0, 0.1) is 30.1 Å². The molecule has 0 unspecified atom stereocenters. The number of rotatable bonds is 1. The molecule has 0 atom stereocenters. The van der Waals surface area contributed by atoms with Crippen LogP contribution in [0.1, 0.15) is 33.1 Å². The van der Waals surface area contributed by atoms with Crippen LogP contribution in [0.3, 0.4) is 0 Å². The predicted molar refractivity (Wildman–Crippen MR) is 45.1 cm³/mol. The monoisotopic (exact) mass is 133 g/mol. The van der Waals surface area contributed by atoms with Gasteiger partial charge in [0.15, 0.2) is 0 Å². The Balaban J connectivity index is 3.28. The third-order valence-electron chi connectivity index (χ3n) is 0.900. The van der Waals surface area contributed by atoms with E-state index < -0.39 is 0 Å². The number of unbranched alkanes of at least 4 members (excludes halogenated alkanes) is 1. The van der Waals surface area contributed by atoms with Gasteiger partial charge in [0.05, 0.1) is 0 Å². The van der Waals surface area contributed by atoms with Crippen LogP contribution >= 0.6 is 0 Å². The summed E-state index contributed by atoms with van der Waals surface area (Å²) in [4.78, 5) is 0. The fourth-order valence-corrected chi connectivity index (χ4v) is 0.437. The zero-order valence-corrected chi connectivity index (χ0v) is 6.70. The first kappa shape index (κ1) is 9.12. The normalized spacial score (nSPS) is 7.00. The van der Waals surface area contributed by atoms with Crippen molar-refractivity contribution in [3.05, 3.63) is 6.42 Å². The van der Waals surface area contributed by atoms with Crippen LogP contribution in [0.2, 0.25) is 0 Å². The summed E-state index contributed by atoms with van der Waals surface area (Å²) >= 11 is 0. The quantitative estimate of drug-likeness (QED) is 0.482. The van der Waals surface area contributed by atoms with Gasteiger partial charge in [-0.25, -0.2) is 0 Å². The highest BCUT2D eigenvalue weighted by molar-refractivity contribution is 5.25. The first-order valence-corrected chi connectivity index (χ1v) is 3.70. The fraction of sp³-hybridized carbons (Fsp3) is 0.500. The highest BCUT2D eigenvalue weighted by Gasteiger charge is 1.69. The van der Waals surface area contributed by atoms with Crippen molar-refractivity contribution < 1.29 is 0 Å². The standard InChI is InChI=1S/C10H13/c1-3-5-7-9-10-8-6-4-2/h10H,3-5H2,1-2H3. The molecule has 0 saturated heterocycles. The maximum Gasteiger partial charge on any atom is 0.106 e. The molecule has 0 spiro atoms. The molecular weight excluding hydrogens is 120 g/mol. The van der Waals surface area contributed by atoms with Gasteiger partial charge in [0.25, 0.3) is 0 Å². The van der Waals surface area contributed by atoms with E-state index in [0.717, 1.165) is 19.3 Å². The molecule has 0 aromatic heterocycles. The van der Waals surface area contributed by atoms with Crippen LogP contribution in [-0.4, -0.2) is 0 Å². The van der Waals surface area contributed by atoms with Crippen molar-refractivity contribution in [2.75, 3.05) is 0 Å². The SMILES string of the molecule is CCC#C[CH]C#CCCC. The molecule has 0 heteroatoms. The van der Waals surface area contributed by atoms with E-state index >= 15 is 0 Å². The van der Waals surface area contributed by atoms with E-state index in [9.17, 15) is 0 Å². The highest BCUT2D eigenvalue weighted by atomic mass is 13.7. The first-order chi connectivity index (χ1) is 4.91. The van der Waals surface area contributed by atoms with E-state index in [0.29, 0.717) is 0 Å². The third kappa shape index (κ3) is 7.12. The molecule has 0 nitrogen and oxygen atoms in total. The smallest absolute Gasteiger partial charge is 0.102 e. The topological polar surface area (TPSA) is 0 Å². The van der Waals surface area contributed by atoms with Crippen molar-refractivity contribution in [2.45, 2.75) is 33.1 Å². The minimum Gasteiger partial charge on any atom is -0.102 e. The lowest BCUT2D eigenvalue weighted by molar-refractivity contribution is 0.983. The van der Waals surface area contributed by atoms with Gasteiger partial charge in [-0.3, -0.25) is 0 Å². The minimum atomic E-state index is 0.909. The van der Waals surface area contributed by atoms with Gasteiger partial charge >= 0.3 is 0 Å². The van der Waals surface area contributed by atoms with Crippen molar-refractivity contribution >= 4 is 0 Å². The van der Waals surface area contributed by atoms with Crippen LogP contribution in [0.15, 0.2) is 0 Å². The molecule has 0 heterocycles. The molecule has 0 fully saturated rings. The van der Waals surface area contributed by atoms with Gasteiger partial charge in [0.2, 0.25) is 0 Å². The second-order valence-corrected chi connectivity index (χ2v) is 1.89. The maximum absolute atomic E-state index is 2.99. The molecule has 0 N–H and O–H groups in total. The molecular formula is C10H13. The molecule has 0 bridgehead atoms. The first-order valence-electron chi connectivity index (χ1n) is 3.70. The molecule has 10 heavy (non-hydrogen) atoms. The van der Waals surface area contributed by atoms with E-state index in [1.165, 1.54) is 0 Å². The van der Waals surface area contributed by atoms with Crippen LogP contribution in [-0.2, 0) is 0 Å². The lowest BCUT2D eigenvalue weighted by atomic mass is 10.3. The van der Waals surface area contributed by atoms with Crippen molar-refractivity contribution in [1.29, 1.82) is 0 Å². The Hall–Kier alpha value is -0.880. The molecule has 0 aromatic rings. The third-order valence-corrected chi connectivity index (χ3v) is 0.900. The summed E-state index contributed by atoms with van der Waals surface area (Å²) in [7, 11) is 0. The summed E-state index contributed by atoms with van der Waals surface area (Å²) in [5.41, 5.74) is 0. The van der Waals surface area contributed by atoms with Crippen LogP contribution in [0.4, 0.5) is 0 Å². The Morgan fingerprint density at radius 1 is 1.10 bits per heavy atom. The van der Waals surface area contributed by atoms with Crippen LogP contribution in [0.5, 0.6) is 0 Å². The van der Waals surface area contributed by atoms with Gasteiger partial charge in [0, 0.05) is 12.8 Å². The van der Waals surface area contributed by atoms with E-state index in [4.69, 9.17) is 0 Å². The molecule has 0 aliphatic rings. The Kier molecular flexibility index (Phi) is 7.41. The largest absolute Gasteiger partial charge is 0.106 e. The molecule has 53 valence electrons. The molecule has 0 aromatic carbocycles.